The van der Waals surface area contributed by atoms with Gasteiger partial charge >= 0.3 is 0 Å². The van der Waals surface area contributed by atoms with Crippen molar-refractivity contribution in [1.29, 1.82) is 0 Å². The minimum Gasteiger partial charge on any atom is -0.493 e. The summed E-state index contributed by atoms with van der Waals surface area (Å²) >= 11 is 0. The molecule has 112 valence electrons. The Hall–Kier alpha value is -1.96. The van der Waals surface area contributed by atoms with Gasteiger partial charge in [0, 0.05) is 0 Å². The van der Waals surface area contributed by atoms with Gasteiger partial charge in [-0.25, -0.2) is 0 Å². The van der Waals surface area contributed by atoms with Crippen LogP contribution < -0.4 is 9.47 Å². The van der Waals surface area contributed by atoms with Gasteiger partial charge in [0.05, 0.1) is 13.7 Å². The van der Waals surface area contributed by atoms with Crippen molar-refractivity contribution in [3.8, 4) is 11.5 Å². The Morgan fingerprint density at radius 3 is 2.10 bits per heavy atom. The smallest absolute Gasteiger partial charge is 0.161 e. The van der Waals surface area contributed by atoms with Crippen LogP contribution in [0, 0.1) is 13.8 Å². The first-order valence-electron chi connectivity index (χ1n) is 7.50. The quantitative estimate of drug-likeness (QED) is 0.777. The average Bonchev–Trinajstić information content (AvgIpc) is 2.49. The minimum absolute atomic E-state index is 0.650. The summed E-state index contributed by atoms with van der Waals surface area (Å²) in [7, 11) is 1.67. The van der Waals surface area contributed by atoms with Gasteiger partial charge in [0.1, 0.15) is 0 Å². The van der Waals surface area contributed by atoms with Crippen molar-refractivity contribution in [3.63, 3.8) is 0 Å². The second kappa shape index (κ2) is 7.16. The summed E-state index contributed by atoms with van der Waals surface area (Å²) in [4.78, 5) is 0. The molecule has 0 aliphatic heterocycles. The Bertz CT molecular complexity index is 603. The predicted octanol–water partition coefficient (Wildman–Crippen LogP) is 4.50. The van der Waals surface area contributed by atoms with Crippen LogP contribution in [-0.4, -0.2) is 13.7 Å². The van der Waals surface area contributed by atoms with Crippen LogP contribution in [0.1, 0.15) is 29.2 Å². The van der Waals surface area contributed by atoms with Crippen LogP contribution in [0.2, 0.25) is 0 Å². The van der Waals surface area contributed by atoms with Crippen molar-refractivity contribution in [2.45, 2.75) is 33.6 Å². The molecule has 0 aromatic heterocycles. The van der Waals surface area contributed by atoms with E-state index in [1.54, 1.807) is 7.11 Å². The van der Waals surface area contributed by atoms with Gasteiger partial charge in [-0.05, 0) is 68.0 Å². The molecule has 0 bridgehead atoms. The third-order valence-electron chi connectivity index (χ3n) is 3.80. The molecular formula is C19H24O2. The maximum Gasteiger partial charge on any atom is 0.161 e. The normalized spacial score (nSPS) is 10.5. The fourth-order valence-electron chi connectivity index (χ4n) is 2.39. The summed E-state index contributed by atoms with van der Waals surface area (Å²) < 4.78 is 10.9. The summed E-state index contributed by atoms with van der Waals surface area (Å²) in [6.45, 7) is 6.95. The molecule has 0 spiro atoms. The van der Waals surface area contributed by atoms with E-state index in [2.05, 4.69) is 44.2 Å². The lowest BCUT2D eigenvalue weighted by molar-refractivity contribution is 0.310. The van der Waals surface area contributed by atoms with Crippen molar-refractivity contribution in [3.05, 3.63) is 58.7 Å². The molecule has 21 heavy (non-hydrogen) atoms. The van der Waals surface area contributed by atoms with E-state index in [4.69, 9.17) is 9.47 Å². The molecule has 2 aromatic rings. The third-order valence-corrected chi connectivity index (χ3v) is 3.80. The molecule has 0 radical (unpaired) electrons. The summed E-state index contributed by atoms with van der Waals surface area (Å²) in [5.74, 6) is 1.63. The maximum atomic E-state index is 5.63. The highest BCUT2D eigenvalue weighted by Gasteiger charge is 2.06. The molecule has 0 unspecified atom stereocenters. The van der Waals surface area contributed by atoms with Gasteiger partial charge in [-0.3, -0.25) is 0 Å². The van der Waals surface area contributed by atoms with Gasteiger partial charge in [0.2, 0.25) is 0 Å². The van der Waals surface area contributed by atoms with Gasteiger partial charge in [-0.15, -0.1) is 0 Å². The van der Waals surface area contributed by atoms with Crippen molar-refractivity contribution in [1.82, 2.24) is 0 Å². The van der Waals surface area contributed by atoms with Crippen LogP contribution in [0.5, 0.6) is 11.5 Å². The predicted molar refractivity (Wildman–Crippen MR) is 87.5 cm³/mol. The molecule has 2 nitrogen and oxygen atoms in total. The average molecular weight is 284 g/mol. The van der Waals surface area contributed by atoms with Crippen molar-refractivity contribution in [2.75, 3.05) is 13.7 Å². The van der Waals surface area contributed by atoms with Crippen molar-refractivity contribution in [2.24, 2.45) is 0 Å². The molecule has 2 aromatic carbocycles. The van der Waals surface area contributed by atoms with Gasteiger partial charge in [-0.2, -0.15) is 0 Å². The first-order chi connectivity index (χ1) is 10.1. The topological polar surface area (TPSA) is 18.5 Å². The summed E-state index contributed by atoms with van der Waals surface area (Å²) in [5, 5.41) is 0. The first kappa shape index (κ1) is 15.4. The molecule has 0 aliphatic carbocycles. The molecule has 2 heteroatoms. The number of hydrogen-bond acceptors (Lipinski definition) is 2. The number of methoxy groups -OCH3 is 1. The fraction of sp³-hybridized carbons (Fsp3) is 0.368. The molecule has 0 aliphatic rings. The Morgan fingerprint density at radius 2 is 1.48 bits per heavy atom. The van der Waals surface area contributed by atoms with E-state index in [1.165, 1.54) is 22.3 Å². The lowest BCUT2D eigenvalue weighted by atomic mass is 10.0. The molecular weight excluding hydrogens is 260 g/mol. The second-order valence-electron chi connectivity index (χ2n) is 5.34. The Kier molecular flexibility index (Phi) is 5.26. The highest BCUT2D eigenvalue weighted by atomic mass is 16.5. The van der Waals surface area contributed by atoms with Gasteiger partial charge in [0.25, 0.3) is 0 Å². The van der Waals surface area contributed by atoms with E-state index < -0.39 is 0 Å². The minimum atomic E-state index is 0.650. The Labute approximate surface area is 127 Å². The van der Waals surface area contributed by atoms with Crippen LogP contribution >= 0.6 is 0 Å². The van der Waals surface area contributed by atoms with Crippen LogP contribution in [0.4, 0.5) is 0 Å². The van der Waals surface area contributed by atoms with Gasteiger partial charge in [0.15, 0.2) is 11.5 Å². The Morgan fingerprint density at radius 1 is 0.810 bits per heavy atom. The molecule has 0 amide bonds. The number of hydrogen-bond donors (Lipinski definition) is 0. The standard InChI is InChI=1S/C19H24O2/c1-5-21-19-13-17(10-11-18(19)20-4)9-8-16-7-6-14(2)15(3)12-16/h6-7,10-13H,5,8-9H2,1-4H3. The van der Waals surface area contributed by atoms with Crippen LogP contribution in [0.3, 0.4) is 0 Å². The molecule has 2 rings (SSSR count). The van der Waals surface area contributed by atoms with E-state index in [0.717, 1.165) is 24.3 Å². The highest BCUT2D eigenvalue weighted by molar-refractivity contribution is 5.43. The number of ether oxygens (including phenoxy) is 2. The molecule has 0 fully saturated rings. The molecule has 0 saturated carbocycles. The van der Waals surface area contributed by atoms with Crippen molar-refractivity contribution < 1.29 is 9.47 Å². The molecule has 0 N–H and O–H groups in total. The lowest BCUT2D eigenvalue weighted by Gasteiger charge is -2.11. The Balaban J connectivity index is 2.08. The molecule has 0 atom stereocenters. The summed E-state index contributed by atoms with van der Waals surface area (Å²) in [6.07, 6.45) is 2.05. The van der Waals surface area contributed by atoms with E-state index in [-0.39, 0.29) is 0 Å². The number of aryl methyl sites for hydroxylation is 4. The van der Waals surface area contributed by atoms with Gasteiger partial charge < -0.3 is 9.47 Å². The largest absolute Gasteiger partial charge is 0.493 e. The monoisotopic (exact) mass is 284 g/mol. The van der Waals surface area contributed by atoms with Crippen molar-refractivity contribution >= 4 is 0 Å². The van der Waals surface area contributed by atoms with Crippen LogP contribution in [-0.2, 0) is 12.8 Å². The zero-order valence-electron chi connectivity index (χ0n) is 13.4. The van der Waals surface area contributed by atoms with E-state index >= 15 is 0 Å². The summed E-state index contributed by atoms with van der Waals surface area (Å²) in [6, 6.07) is 12.9. The molecule has 0 heterocycles. The number of rotatable bonds is 6. The first-order valence-corrected chi connectivity index (χ1v) is 7.50. The van der Waals surface area contributed by atoms with Crippen LogP contribution in [0.15, 0.2) is 36.4 Å². The zero-order chi connectivity index (χ0) is 15.2. The molecule has 0 saturated heterocycles. The number of benzene rings is 2. The third kappa shape index (κ3) is 4.01. The van der Waals surface area contributed by atoms with E-state index in [1.807, 2.05) is 13.0 Å². The fourth-order valence-corrected chi connectivity index (χ4v) is 2.39. The van der Waals surface area contributed by atoms with E-state index in [9.17, 15) is 0 Å². The van der Waals surface area contributed by atoms with E-state index in [0.29, 0.717) is 6.61 Å². The maximum absolute atomic E-state index is 5.63. The second-order valence-corrected chi connectivity index (χ2v) is 5.34. The highest BCUT2D eigenvalue weighted by Crippen LogP contribution is 2.28. The lowest BCUT2D eigenvalue weighted by Crippen LogP contribution is -1.98. The van der Waals surface area contributed by atoms with Gasteiger partial charge in [-0.1, -0.05) is 24.3 Å². The zero-order valence-corrected chi connectivity index (χ0v) is 13.4. The summed E-state index contributed by atoms with van der Waals surface area (Å²) in [5.41, 5.74) is 5.36. The SMILES string of the molecule is CCOc1cc(CCc2ccc(C)c(C)c2)ccc1OC. The van der Waals surface area contributed by atoms with Crippen LogP contribution in [0.25, 0.3) is 0 Å².